The fourth-order valence-corrected chi connectivity index (χ4v) is 4.16. The Hall–Kier alpha value is -1.24. The van der Waals surface area contributed by atoms with E-state index in [4.69, 9.17) is 12.2 Å². The van der Waals surface area contributed by atoms with E-state index in [0.717, 1.165) is 28.0 Å². The number of benzene rings is 1. The minimum atomic E-state index is 0.667. The number of anilines is 2. The van der Waals surface area contributed by atoms with Gasteiger partial charge in [-0.2, -0.15) is 0 Å². The van der Waals surface area contributed by atoms with Crippen LogP contribution in [-0.2, 0) is 6.67 Å². The number of aryl methyl sites for hydroxylation is 1. The van der Waals surface area contributed by atoms with Crippen molar-refractivity contribution in [2.45, 2.75) is 52.2 Å². The average Bonchev–Trinajstić information content (AvgIpc) is 2.90. The first-order valence-corrected chi connectivity index (χ1v) is 9.54. The zero-order chi connectivity index (χ0) is 16.2. The van der Waals surface area contributed by atoms with Crippen molar-refractivity contribution < 1.29 is 0 Å². The maximum Gasteiger partial charge on any atom is 0.209 e. The van der Waals surface area contributed by atoms with Gasteiger partial charge in [0.05, 0.1) is 6.67 Å². The highest BCUT2D eigenvalue weighted by atomic mass is 32.1. The number of hydrogen-bond donors (Lipinski definition) is 1. The number of nitrogens with one attached hydrogen (secondary N) is 1. The van der Waals surface area contributed by atoms with E-state index in [1.807, 2.05) is 16.8 Å². The molecule has 1 aliphatic rings. The Labute approximate surface area is 147 Å². The van der Waals surface area contributed by atoms with Crippen LogP contribution in [0, 0.1) is 10.9 Å². The van der Waals surface area contributed by atoms with Crippen LogP contribution in [0.15, 0.2) is 24.3 Å². The van der Waals surface area contributed by atoms with Crippen LogP contribution < -0.4 is 5.32 Å². The molecule has 1 aromatic heterocycles. The molecule has 0 bridgehead atoms. The van der Waals surface area contributed by atoms with E-state index in [1.54, 1.807) is 11.3 Å². The van der Waals surface area contributed by atoms with Gasteiger partial charge >= 0.3 is 0 Å². The summed E-state index contributed by atoms with van der Waals surface area (Å²) in [5, 5.41) is 8.95. The fourth-order valence-electron chi connectivity index (χ4n) is 3.16. The molecule has 23 heavy (non-hydrogen) atoms. The molecule has 0 amide bonds. The van der Waals surface area contributed by atoms with Crippen molar-refractivity contribution in [3.63, 3.8) is 0 Å². The smallest absolute Gasteiger partial charge is 0.209 e. The highest BCUT2D eigenvalue weighted by Crippen LogP contribution is 2.24. The maximum atomic E-state index is 5.52. The Bertz CT molecular complexity index is 707. The van der Waals surface area contributed by atoms with Gasteiger partial charge in [0.25, 0.3) is 0 Å². The van der Waals surface area contributed by atoms with Crippen molar-refractivity contribution in [1.29, 1.82) is 0 Å². The lowest BCUT2D eigenvalue weighted by atomic mass is 10.0. The predicted molar refractivity (Wildman–Crippen MR) is 100 cm³/mol. The molecule has 4 nitrogen and oxygen atoms in total. The fraction of sp³-hybridized carbons (Fsp3) is 0.529. The molecule has 0 radical (unpaired) electrons. The van der Waals surface area contributed by atoms with Crippen molar-refractivity contribution in [2.75, 3.05) is 11.9 Å². The molecule has 1 fully saturated rings. The first-order valence-electron chi connectivity index (χ1n) is 8.32. The van der Waals surface area contributed by atoms with Gasteiger partial charge in [0.15, 0.2) is 3.95 Å². The van der Waals surface area contributed by atoms with Crippen LogP contribution in [0.1, 0.15) is 38.2 Å². The SMILES string of the molecule is CC[C@H]1CCCCN1Cn1nc(Nc2ccccc2C)sc1=S. The maximum absolute atomic E-state index is 5.52. The molecule has 6 heteroatoms. The Kier molecular flexibility index (Phi) is 5.46. The monoisotopic (exact) mass is 348 g/mol. The number of piperidine rings is 1. The molecule has 0 saturated carbocycles. The van der Waals surface area contributed by atoms with Gasteiger partial charge in [-0.05, 0) is 50.0 Å². The van der Waals surface area contributed by atoms with Crippen LogP contribution in [0.5, 0.6) is 0 Å². The molecule has 3 rings (SSSR count). The van der Waals surface area contributed by atoms with Gasteiger partial charge in [-0.3, -0.25) is 4.90 Å². The summed E-state index contributed by atoms with van der Waals surface area (Å²) in [6.45, 7) is 6.33. The van der Waals surface area contributed by atoms with Gasteiger partial charge in [-0.1, -0.05) is 42.9 Å². The van der Waals surface area contributed by atoms with Gasteiger partial charge in [0.2, 0.25) is 5.13 Å². The molecule has 1 aromatic carbocycles. The topological polar surface area (TPSA) is 33.1 Å². The van der Waals surface area contributed by atoms with E-state index >= 15 is 0 Å². The third-order valence-corrected chi connectivity index (χ3v) is 5.75. The standard InChI is InChI=1S/C17H24N4S2/c1-3-14-9-6-7-11-20(14)12-21-17(22)23-16(19-21)18-15-10-5-4-8-13(15)2/h4-5,8,10,14H,3,6-7,9,11-12H2,1-2H3,(H,18,19)/t14-/m0/s1. The minimum absolute atomic E-state index is 0.667. The summed E-state index contributed by atoms with van der Waals surface area (Å²) in [6.07, 6.45) is 5.12. The summed E-state index contributed by atoms with van der Waals surface area (Å²) in [5.74, 6) is 0. The molecule has 1 N–H and O–H groups in total. The van der Waals surface area contributed by atoms with Gasteiger partial charge in [-0.15, -0.1) is 5.10 Å². The van der Waals surface area contributed by atoms with Crippen molar-refractivity contribution in [2.24, 2.45) is 0 Å². The van der Waals surface area contributed by atoms with Gasteiger partial charge < -0.3 is 5.32 Å². The highest BCUT2D eigenvalue weighted by Gasteiger charge is 2.21. The zero-order valence-corrected chi connectivity index (χ0v) is 15.4. The van der Waals surface area contributed by atoms with Crippen molar-refractivity contribution >= 4 is 34.4 Å². The summed E-state index contributed by atoms with van der Waals surface area (Å²) < 4.78 is 2.80. The van der Waals surface area contributed by atoms with Crippen molar-refractivity contribution in [1.82, 2.24) is 14.7 Å². The molecular formula is C17H24N4S2. The Morgan fingerprint density at radius 1 is 1.35 bits per heavy atom. The summed E-state index contributed by atoms with van der Waals surface area (Å²) in [5.41, 5.74) is 2.30. The van der Waals surface area contributed by atoms with Gasteiger partial charge in [0, 0.05) is 18.3 Å². The minimum Gasteiger partial charge on any atom is -0.330 e. The molecule has 2 heterocycles. The lowest BCUT2D eigenvalue weighted by molar-refractivity contribution is 0.101. The van der Waals surface area contributed by atoms with E-state index in [1.165, 1.54) is 31.2 Å². The Morgan fingerprint density at radius 3 is 2.96 bits per heavy atom. The van der Waals surface area contributed by atoms with E-state index in [0.29, 0.717) is 6.04 Å². The number of hydrogen-bond acceptors (Lipinski definition) is 5. The number of aromatic nitrogens is 2. The largest absolute Gasteiger partial charge is 0.330 e. The summed E-state index contributed by atoms with van der Waals surface area (Å²) >= 11 is 7.06. The molecule has 1 atom stereocenters. The number of para-hydroxylation sites is 1. The second-order valence-corrected chi connectivity index (χ2v) is 7.75. The molecule has 124 valence electrons. The van der Waals surface area contributed by atoms with Gasteiger partial charge in [0.1, 0.15) is 0 Å². The molecule has 1 aliphatic heterocycles. The van der Waals surface area contributed by atoms with Crippen LogP contribution in [0.4, 0.5) is 10.8 Å². The van der Waals surface area contributed by atoms with E-state index in [2.05, 4.69) is 41.3 Å². The van der Waals surface area contributed by atoms with Crippen molar-refractivity contribution in [3.05, 3.63) is 33.8 Å². The van der Waals surface area contributed by atoms with Crippen LogP contribution >= 0.6 is 23.6 Å². The number of likely N-dealkylation sites (tertiary alicyclic amines) is 1. The van der Waals surface area contributed by atoms with E-state index in [-0.39, 0.29) is 0 Å². The highest BCUT2D eigenvalue weighted by molar-refractivity contribution is 7.73. The van der Waals surface area contributed by atoms with E-state index in [9.17, 15) is 0 Å². The summed E-state index contributed by atoms with van der Waals surface area (Å²) in [6, 6.07) is 8.91. The molecule has 0 unspecified atom stereocenters. The van der Waals surface area contributed by atoms with Crippen LogP contribution in [0.2, 0.25) is 0 Å². The summed E-state index contributed by atoms with van der Waals surface area (Å²) in [7, 11) is 0. The van der Waals surface area contributed by atoms with Crippen LogP contribution in [0.25, 0.3) is 0 Å². The first-order chi connectivity index (χ1) is 11.2. The molecule has 2 aromatic rings. The van der Waals surface area contributed by atoms with Crippen LogP contribution in [-0.4, -0.2) is 27.3 Å². The first kappa shape index (κ1) is 16.6. The quantitative estimate of drug-likeness (QED) is 0.775. The second-order valence-electron chi connectivity index (χ2n) is 6.12. The molecular weight excluding hydrogens is 324 g/mol. The number of nitrogens with zero attached hydrogens (tertiary/aromatic N) is 3. The Morgan fingerprint density at radius 2 is 2.17 bits per heavy atom. The third-order valence-electron chi connectivity index (χ3n) is 4.53. The van der Waals surface area contributed by atoms with Crippen molar-refractivity contribution in [3.8, 4) is 0 Å². The molecule has 0 spiro atoms. The Balaban J connectivity index is 1.73. The molecule has 0 aliphatic carbocycles. The van der Waals surface area contributed by atoms with Crippen LogP contribution in [0.3, 0.4) is 0 Å². The normalized spacial score (nSPS) is 19.0. The lowest BCUT2D eigenvalue weighted by Crippen LogP contribution is -2.40. The zero-order valence-electron chi connectivity index (χ0n) is 13.8. The lowest BCUT2D eigenvalue weighted by Gasteiger charge is -2.34. The predicted octanol–water partition coefficient (Wildman–Crippen LogP) is 4.95. The van der Waals surface area contributed by atoms with Gasteiger partial charge in [-0.25, -0.2) is 4.68 Å². The van der Waals surface area contributed by atoms with E-state index < -0.39 is 0 Å². The summed E-state index contributed by atoms with van der Waals surface area (Å²) in [4.78, 5) is 2.52. The third kappa shape index (κ3) is 4.00. The second kappa shape index (κ2) is 7.55. The molecule has 1 saturated heterocycles. The number of rotatable bonds is 5. The average molecular weight is 349 g/mol.